The largest absolute Gasteiger partial charge is 0.399 e. The van der Waals surface area contributed by atoms with Crippen molar-refractivity contribution in [2.45, 2.75) is 26.3 Å². The Morgan fingerprint density at radius 3 is 2.94 bits per heavy atom. The van der Waals surface area contributed by atoms with Crippen molar-refractivity contribution in [3.8, 4) is 0 Å². The molecule has 0 saturated heterocycles. The summed E-state index contributed by atoms with van der Waals surface area (Å²) in [6.07, 6.45) is 1.23. The predicted molar refractivity (Wildman–Crippen MR) is 69.8 cm³/mol. The number of aromatic nitrogens is 1. The van der Waals surface area contributed by atoms with E-state index in [0.717, 1.165) is 21.0 Å². The monoisotopic (exact) mass is 233 g/mol. The number of hydrogen-bond acceptors (Lipinski definition) is 4. The van der Waals surface area contributed by atoms with Gasteiger partial charge in [0.25, 0.3) is 0 Å². The average Bonchev–Trinajstić information content (AvgIpc) is 2.64. The van der Waals surface area contributed by atoms with Crippen LogP contribution in [0.3, 0.4) is 0 Å². The van der Waals surface area contributed by atoms with E-state index in [0.29, 0.717) is 11.5 Å². The van der Waals surface area contributed by atoms with Gasteiger partial charge in [-0.3, -0.25) is 0 Å². The Morgan fingerprint density at radius 2 is 2.25 bits per heavy atom. The lowest BCUT2D eigenvalue weighted by molar-refractivity contribution is 0.630. The molecule has 4 heteroatoms. The maximum atomic E-state index is 5.75. The van der Waals surface area contributed by atoms with Crippen molar-refractivity contribution >= 4 is 32.4 Å². The zero-order valence-electron chi connectivity index (χ0n) is 9.45. The highest BCUT2D eigenvalue weighted by Crippen LogP contribution is 2.47. The summed E-state index contributed by atoms with van der Waals surface area (Å²) in [5, 5.41) is 4.49. The van der Waals surface area contributed by atoms with Gasteiger partial charge in [0.15, 0.2) is 5.13 Å². The Balaban J connectivity index is 1.88. The quantitative estimate of drug-likeness (QED) is 0.784. The normalized spacial score (nSPS) is 22.2. The van der Waals surface area contributed by atoms with Gasteiger partial charge in [0, 0.05) is 11.7 Å². The number of anilines is 2. The van der Waals surface area contributed by atoms with Crippen LogP contribution >= 0.6 is 11.3 Å². The van der Waals surface area contributed by atoms with Crippen molar-refractivity contribution in [2.75, 3.05) is 11.1 Å². The standard InChI is InChI=1S/C12H15N3S/c1-12(2)6-10(12)15-11-14-8-4-3-7(13)5-9(8)16-11/h3-5,10H,6,13H2,1-2H3,(H,14,15). The zero-order valence-corrected chi connectivity index (χ0v) is 10.3. The van der Waals surface area contributed by atoms with Gasteiger partial charge in [-0.05, 0) is 30.0 Å². The van der Waals surface area contributed by atoms with Gasteiger partial charge in [-0.2, -0.15) is 0 Å². The molecule has 3 nitrogen and oxygen atoms in total. The molecule has 1 unspecified atom stereocenters. The van der Waals surface area contributed by atoms with Crippen molar-refractivity contribution in [1.82, 2.24) is 4.98 Å². The maximum absolute atomic E-state index is 5.75. The van der Waals surface area contributed by atoms with Gasteiger partial charge < -0.3 is 11.1 Å². The molecule has 0 spiro atoms. The summed E-state index contributed by atoms with van der Waals surface area (Å²) in [4.78, 5) is 4.55. The van der Waals surface area contributed by atoms with E-state index in [2.05, 4.69) is 24.1 Å². The number of benzene rings is 1. The Bertz CT molecular complexity index is 544. The lowest BCUT2D eigenvalue weighted by atomic mass is 10.2. The van der Waals surface area contributed by atoms with Crippen LogP contribution in [0.25, 0.3) is 10.2 Å². The molecule has 1 fully saturated rings. The molecule has 1 saturated carbocycles. The lowest BCUT2D eigenvalue weighted by Crippen LogP contribution is -2.07. The molecule has 1 aliphatic carbocycles. The van der Waals surface area contributed by atoms with Gasteiger partial charge in [-0.1, -0.05) is 25.2 Å². The lowest BCUT2D eigenvalue weighted by Gasteiger charge is -2.03. The van der Waals surface area contributed by atoms with E-state index in [1.54, 1.807) is 11.3 Å². The van der Waals surface area contributed by atoms with Crippen LogP contribution < -0.4 is 11.1 Å². The van der Waals surface area contributed by atoms with Crippen molar-refractivity contribution in [2.24, 2.45) is 5.41 Å². The molecule has 0 radical (unpaired) electrons. The molecule has 3 rings (SSSR count). The summed E-state index contributed by atoms with van der Waals surface area (Å²) in [7, 11) is 0. The number of nitrogen functional groups attached to an aromatic ring is 1. The summed E-state index contributed by atoms with van der Waals surface area (Å²) in [5.74, 6) is 0. The Kier molecular flexibility index (Phi) is 1.92. The molecule has 1 aromatic heterocycles. The van der Waals surface area contributed by atoms with E-state index < -0.39 is 0 Å². The first kappa shape index (κ1) is 9.90. The second-order valence-electron chi connectivity index (χ2n) is 5.14. The molecule has 16 heavy (non-hydrogen) atoms. The van der Waals surface area contributed by atoms with Crippen molar-refractivity contribution in [1.29, 1.82) is 0 Å². The first-order valence-corrected chi connectivity index (χ1v) is 6.29. The first-order valence-electron chi connectivity index (χ1n) is 5.47. The number of fused-ring (bicyclic) bond motifs is 1. The second-order valence-corrected chi connectivity index (χ2v) is 6.17. The van der Waals surface area contributed by atoms with Crippen molar-refractivity contribution in [3.63, 3.8) is 0 Å². The highest BCUT2D eigenvalue weighted by atomic mass is 32.1. The van der Waals surface area contributed by atoms with Gasteiger partial charge in [-0.25, -0.2) is 4.98 Å². The third-order valence-corrected chi connectivity index (χ3v) is 4.17. The van der Waals surface area contributed by atoms with E-state index in [9.17, 15) is 0 Å². The molecule has 0 bridgehead atoms. The van der Waals surface area contributed by atoms with Gasteiger partial charge in [0.05, 0.1) is 10.2 Å². The van der Waals surface area contributed by atoms with Crippen LogP contribution in [0.1, 0.15) is 20.3 Å². The Hall–Kier alpha value is -1.29. The molecule has 1 aromatic carbocycles. The highest BCUT2D eigenvalue weighted by molar-refractivity contribution is 7.22. The van der Waals surface area contributed by atoms with Crippen LogP contribution in [-0.2, 0) is 0 Å². The number of nitrogens with zero attached hydrogens (tertiary/aromatic N) is 1. The molecule has 0 amide bonds. The fourth-order valence-electron chi connectivity index (χ4n) is 1.87. The number of nitrogens with two attached hydrogens (primary N) is 1. The topological polar surface area (TPSA) is 50.9 Å². The van der Waals surface area contributed by atoms with E-state index in [-0.39, 0.29) is 0 Å². The van der Waals surface area contributed by atoms with Crippen LogP contribution in [0.15, 0.2) is 18.2 Å². The van der Waals surface area contributed by atoms with Crippen molar-refractivity contribution in [3.05, 3.63) is 18.2 Å². The fourth-order valence-corrected chi connectivity index (χ4v) is 2.83. The predicted octanol–water partition coefficient (Wildman–Crippen LogP) is 3.09. The minimum Gasteiger partial charge on any atom is -0.399 e. The molecule has 0 aliphatic heterocycles. The molecule has 1 heterocycles. The molecule has 84 valence electrons. The van der Waals surface area contributed by atoms with Gasteiger partial charge >= 0.3 is 0 Å². The summed E-state index contributed by atoms with van der Waals surface area (Å²) in [6, 6.07) is 6.43. The van der Waals surface area contributed by atoms with Gasteiger partial charge in [0.2, 0.25) is 0 Å². The number of rotatable bonds is 2. The van der Waals surface area contributed by atoms with E-state index in [1.807, 2.05) is 18.2 Å². The molecule has 1 aliphatic rings. The summed E-state index contributed by atoms with van der Waals surface area (Å²) >= 11 is 1.68. The molecule has 3 N–H and O–H groups in total. The van der Waals surface area contributed by atoms with Crippen LogP contribution in [0.5, 0.6) is 0 Å². The zero-order chi connectivity index (χ0) is 11.3. The molecule has 2 aromatic rings. The number of hydrogen-bond donors (Lipinski definition) is 2. The smallest absolute Gasteiger partial charge is 0.184 e. The molecular weight excluding hydrogens is 218 g/mol. The van der Waals surface area contributed by atoms with E-state index in [1.165, 1.54) is 6.42 Å². The van der Waals surface area contributed by atoms with E-state index in [4.69, 9.17) is 5.73 Å². The molecule has 1 atom stereocenters. The summed E-state index contributed by atoms with van der Waals surface area (Å²) in [5.41, 5.74) is 8.00. The van der Waals surface area contributed by atoms with Crippen molar-refractivity contribution < 1.29 is 0 Å². The number of nitrogens with one attached hydrogen (secondary N) is 1. The third kappa shape index (κ3) is 1.63. The van der Waals surface area contributed by atoms with Gasteiger partial charge in [-0.15, -0.1) is 0 Å². The average molecular weight is 233 g/mol. The highest BCUT2D eigenvalue weighted by Gasteiger charge is 2.46. The van der Waals surface area contributed by atoms with Crippen LogP contribution in [0.4, 0.5) is 10.8 Å². The van der Waals surface area contributed by atoms with Crippen LogP contribution in [0, 0.1) is 5.41 Å². The SMILES string of the molecule is CC1(C)CC1Nc1nc2ccc(N)cc2s1. The minimum atomic E-state index is 0.427. The fraction of sp³-hybridized carbons (Fsp3) is 0.417. The third-order valence-electron chi connectivity index (χ3n) is 3.22. The van der Waals surface area contributed by atoms with E-state index >= 15 is 0 Å². The number of thiazole rings is 1. The Morgan fingerprint density at radius 1 is 1.50 bits per heavy atom. The molecular formula is C12H15N3S. The van der Waals surface area contributed by atoms with Crippen LogP contribution in [0.2, 0.25) is 0 Å². The first-order chi connectivity index (χ1) is 7.54. The van der Waals surface area contributed by atoms with Gasteiger partial charge in [0.1, 0.15) is 0 Å². The summed E-state index contributed by atoms with van der Waals surface area (Å²) < 4.78 is 1.15. The van der Waals surface area contributed by atoms with Crippen LogP contribution in [-0.4, -0.2) is 11.0 Å². The summed E-state index contributed by atoms with van der Waals surface area (Å²) in [6.45, 7) is 4.55. The second kappa shape index (κ2) is 3.10. The maximum Gasteiger partial charge on any atom is 0.184 e. The minimum absolute atomic E-state index is 0.427. The Labute approximate surface area is 98.7 Å².